The van der Waals surface area contributed by atoms with Gasteiger partial charge in [-0.2, -0.15) is 0 Å². The smallest absolute Gasteiger partial charge is 0.141 e. The molecule has 1 aromatic carbocycles. The molecule has 0 bridgehead atoms. The molecule has 1 saturated carbocycles. The Hall–Kier alpha value is -0.150. The van der Waals surface area contributed by atoms with E-state index in [0.717, 1.165) is 40.5 Å². The van der Waals surface area contributed by atoms with Crippen LogP contribution in [-0.4, -0.2) is 12.6 Å². The fraction of sp³-hybridized carbons (Fsp3) is 0.600. The van der Waals surface area contributed by atoms with Gasteiger partial charge in [-0.1, -0.05) is 23.2 Å². The van der Waals surface area contributed by atoms with Crippen molar-refractivity contribution in [1.29, 1.82) is 0 Å². The van der Waals surface area contributed by atoms with Crippen LogP contribution < -0.4 is 10.5 Å². The van der Waals surface area contributed by atoms with Gasteiger partial charge in [0.15, 0.2) is 0 Å². The summed E-state index contributed by atoms with van der Waals surface area (Å²) in [6, 6.07) is 0.0526. The van der Waals surface area contributed by atoms with E-state index in [2.05, 4.69) is 0 Å². The van der Waals surface area contributed by atoms with Gasteiger partial charge >= 0.3 is 0 Å². The number of halogens is 3. The van der Waals surface area contributed by atoms with Gasteiger partial charge in [0, 0.05) is 16.6 Å². The van der Waals surface area contributed by atoms with Gasteiger partial charge in [0.1, 0.15) is 5.75 Å². The van der Waals surface area contributed by atoms with Crippen molar-refractivity contribution in [2.75, 3.05) is 6.61 Å². The SMILES string of the molecule is Cc1c(Cl)c(C)c(CC(C)N)c(OCC2CC2)c1Cl.Cl. The predicted molar refractivity (Wildman–Crippen MR) is 88.8 cm³/mol. The Morgan fingerprint density at radius 1 is 1.20 bits per heavy atom. The lowest BCUT2D eigenvalue weighted by molar-refractivity contribution is 0.296. The third kappa shape index (κ3) is 3.94. The molecular formula is C15H22Cl3NO. The van der Waals surface area contributed by atoms with Crippen molar-refractivity contribution in [3.63, 3.8) is 0 Å². The van der Waals surface area contributed by atoms with E-state index in [0.29, 0.717) is 10.9 Å². The summed E-state index contributed by atoms with van der Waals surface area (Å²) in [6.45, 7) is 6.66. The molecule has 0 saturated heterocycles. The van der Waals surface area contributed by atoms with E-state index in [4.69, 9.17) is 33.7 Å². The molecule has 0 aromatic heterocycles. The average molecular weight is 339 g/mol. The van der Waals surface area contributed by atoms with Gasteiger partial charge in [-0.25, -0.2) is 0 Å². The first-order valence-electron chi connectivity index (χ1n) is 6.77. The molecule has 2 N–H and O–H groups in total. The van der Waals surface area contributed by atoms with Gasteiger partial charge < -0.3 is 10.5 Å². The van der Waals surface area contributed by atoms with Crippen LogP contribution in [-0.2, 0) is 6.42 Å². The summed E-state index contributed by atoms with van der Waals surface area (Å²) in [5.74, 6) is 1.47. The molecule has 1 unspecified atom stereocenters. The van der Waals surface area contributed by atoms with Gasteiger partial charge in [0.05, 0.1) is 11.6 Å². The van der Waals surface area contributed by atoms with Crippen molar-refractivity contribution in [3.8, 4) is 5.75 Å². The molecule has 1 aliphatic carbocycles. The highest BCUT2D eigenvalue weighted by Crippen LogP contribution is 2.41. The number of benzene rings is 1. The largest absolute Gasteiger partial charge is 0.491 e. The molecule has 1 atom stereocenters. The minimum absolute atomic E-state index is 0. The number of hydrogen-bond acceptors (Lipinski definition) is 2. The number of ether oxygens (including phenoxy) is 1. The third-order valence-electron chi connectivity index (χ3n) is 3.60. The van der Waals surface area contributed by atoms with Crippen LogP contribution in [0.4, 0.5) is 0 Å². The fourth-order valence-electron chi connectivity index (χ4n) is 2.19. The van der Waals surface area contributed by atoms with Crippen LogP contribution in [0.15, 0.2) is 0 Å². The highest BCUT2D eigenvalue weighted by Gasteiger charge is 2.25. The Balaban J connectivity index is 0.00000200. The van der Waals surface area contributed by atoms with Crippen molar-refractivity contribution in [3.05, 3.63) is 26.7 Å². The lowest BCUT2D eigenvalue weighted by atomic mass is 9.98. The van der Waals surface area contributed by atoms with Crippen molar-refractivity contribution in [2.24, 2.45) is 11.7 Å². The zero-order chi connectivity index (χ0) is 14.2. The topological polar surface area (TPSA) is 35.2 Å². The van der Waals surface area contributed by atoms with Crippen LogP contribution in [0.1, 0.15) is 36.5 Å². The van der Waals surface area contributed by atoms with Gasteiger partial charge in [0.25, 0.3) is 0 Å². The summed E-state index contributed by atoms with van der Waals surface area (Å²) in [5.41, 5.74) is 8.90. The van der Waals surface area contributed by atoms with E-state index in [1.54, 1.807) is 0 Å². The van der Waals surface area contributed by atoms with Crippen LogP contribution >= 0.6 is 35.6 Å². The molecule has 0 amide bonds. The third-order valence-corrected chi connectivity index (χ3v) is 4.62. The predicted octanol–water partition coefficient (Wildman–Crippen LogP) is 4.71. The number of hydrogen-bond donors (Lipinski definition) is 1. The summed E-state index contributed by atoms with van der Waals surface area (Å²) in [7, 11) is 0. The van der Waals surface area contributed by atoms with E-state index in [1.165, 1.54) is 12.8 Å². The lowest BCUT2D eigenvalue weighted by Crippen LogP contribution is -2.19. The summed E-state index contributed by atoms with van der Waals surface area (Å²) < 4.78 is 5.96. The lowest BCUT2D eigenvalue weighted by Gasteiger charge is -2.20. The molecule has 2 rings (SSSR count). The van der Waals surface area contributed by atoms with Crippen molar-refractivity contribution in [2.45, 2.75) is 46.1 Å². The van der Waals surface area contributed by atoms with E-state index >= 15 is 0 Å². The van der Waals surface area contributed by atoms with Crippen molar-refractivity contribution in [1.82, 2.24) is 0 Å². The average Bonchev–Trinajstić information content (AvgIpc) is 3.16. The Bertz CT molecular complexity index is 485. The van der Waals surface area contributed by atoms with Crippen LogP contribution in [0.3, 0.4) is 0 Å². The molecule has 0 spiro atoms. The molecule has 0 aliphatic heterocycles. The van der Waals surface area contributed by atoms with Gasteiger partial charge in [-0.05, 0) is 57.1 Å². The first-order valence-corrected chi connectivity index (χ1v) is 7.52. The van der Waals surface area contributed by atoms with E-state index in [-0.39, 0.29) is 18.4 Å². The Morgan fingerprint density at radius 3 is 2.30 bits per heavy atom. The first kappa shape index (κ1) is 17.9. The highest BCUT2D eigenvalue weighted by molar-refractivity contribution is 6.37. The number of rotatable bonds is 5. The van der Waals surface area contributed by atoms with E-state index < -0.39 is 0 Å². The molecule has 1 fully saturated rings. The zero-order valence-corrected chi connectivity index (χ0v) is 14.5. The molecular weight excluding hydrogens is 317 g/mol. The maximum atomic E-state index is 6.41. The Labute approximate surface area is 137 Å². The normalized spacial score (nSPS) is 15.7. The maximum absolute atomic E-state index is 6.41. The molecule has 1 aromatic rings. The maximum Gasteiger partial charge on any atom is 0.141 e. The summed E-state index contributed by atoms with van der Waals surface area (Å²) in [6.07, 6.45) is 3.24. The zero-order valence-electron chi connectivity index (χ0n) is 12.1. The van der Waals surface area contributed by atoms with E-state index in [1.807, 2.05) is 20.8 Å². The van der Waals surface area contributed by atoms with Crippen LogP contribution in [0.25, 0.3) is 0 Å². The molecule has 0 radical (unpaired) electrons. The summed E-state index contributed by atoms with van der Waals surface area (Å²) in [5, 5.41) is 1.35. The molecule has 2 nitrogen and oxygen atoms in total. The summed E-state index contributed by atoms with van der Waals surface area (Å²) in [4.78, 5) is 0. The monoisotopic (exact) mass is 337 g/mol. The molecule has 1 aliphatic rings. The second kappa shape index (κ2) is 7.22. The molecule has 0 heterocycles. The van der Waals surface area contributed by atoms with Crippen molar-refractivity contribution < 1.29 is 4.74 Å². The molecule has 5 heteroatoms. The minimum Gasteiger partial charge on any atom is -0.491 e. The fourth-order valence-corrected chi connectivity index (χ4v) is 2.71. The second-order valence-corrected chi connectivity index (χ2v) is 6.38. The number of nitrogens with two attached hydrogens (primary N) is 1. The minimum atomic E-state index is 0. The van der Waals surface area contributed by atoms with Gasteiger partial charge in [-0.3, -0.25) is 0 Å². The molecule has 114 valence electrons. The van der Waals surface area contributed by atoms with Gasteiger partial charge in [-0.15, -0.1) is 12.4 Å². The Kier molecular flexibility index (Phi) is 6.46. The second-order valence-electron chi connectivity index (χ2n) is 5.62. The standard InChI is InChI=1S/C15H21Cl2NO.ClH/c1-8(18)6-12-9(2)13(16)10(3)14(17)15(12)19-7-11-4-5-11;/h8,11H,4-7,18H2,1-3H3;1H. The first-order chi connectivity index (χ1) is 8.91. The summed E-state index contributed by atoms with van der Waals surface area (Å²) >= 11 is 12.8. The van der Waals surface area contributed by atoms with Gasteiger partial charge in [0.2, 0.25) is 0 Å². The quantitative estimate of drug-likeness (QED) is 0.843. The highest BCUT2D eigenvalue weighted by atomic mass is 35.5. The van der Waals surface area contributed by atoms with Crippen LogP contribution in [0.2, 0.25) is 10.0 Å². The van der Waals surface area contributed by atoms with Crippen LogP contribution in [0, 0.1) is 19.8 Å². The van der Waals surface area contributed by atoms with Crippen molar-refractivity contribution >= 4 is 35.6 Å². The Morgan fingerprint density at radius 2 is 1.80 bits per heavy atom. The van der Waals surface area contributed by atoms with E-state index in [9.17, 15) is 0 Å². The molecule has 20 heavy (non-hydrogen) atoms. The van der Waals surface area contributed by atoms with Crippen LogP contribution in [0.5, 0.6) is 5.75 Å².